The highest BCUT2D eigenvalue weighted by Gasteiger charge is 2.30. The zero-order valence-electron chi connectivity index (χ0n) is 15.6. The lowest BCUT2D eigenvalue weighted by molar-refractivity contribution is 0.384. The SMILES string of the molecule is O=S(=O)(c1cccc2ccccc12)N1CCN(c2cc3c(nn2)CCC3)CC1. The van der Waals surface area contributed by atoms with Gasteiger partial charge in [-0.2, -0.15) is 9.40 Å². The maximum Gasteiger partial charge on any atom is 0.243 e. The molecule has 0 spiro atoms. The number of sulfonamides is 1. The molecule has 1 aromatic heterocycles. The Labute approximate surface area is 164 Å². The lowest BCUT2D eigenvalue weighted by Crippen LogP contribution is -2.49. The maximum absolute atomic E-state index is 13.3. The Morgan fingerprint density at radius 2 is 1.64 bits per heavy atom. The fourth-order valence-corrected chi connectivity index (χ4v) is 5.83. The predicted octanol–water partition coefficient (Wildman–Crippen LogP) is 2.63. The Kier molecular flexibility index (Phi) is 4.29. The van der Waals surface area contributed by atoms with Gasteiger partial charge in [-0.05, 0) is 42.3 Å². The number of fused-ring (bicyclic) bond motifs is 2. The van der Waals surface area contributed by atoms with Crippen LogP contribution in [0, 0.1) is 0 Å². The molecule has 1 aliphatic heterocycles. The predicted molar refractivity (Wildman–Crippen MR) is 109 cm³/mol. The first kappa shape index (κ1) is 17.6. The van der Waals surface area contributed by atoms with Crippen molar-refractivity contribution in [2.45, 2.75) is 24.2 Å². The average molecular weight is 395 g/mol. The number of rotatable bonds is 3. The second-order valence-corrected chi connectivity index (χ2v) is 9.30. The van der Waals surface area contributed by atoms with Gasteiger partial charge in [-0.15, -0.1) is 5.10 Å². The van der Waals surface area contributed by atoms with E-state index < -0.39 is 10.0 Å². The van der Waals surface area contributed by atoms with Gasteiger partial charge in [0, 0.05) is 31.6 Å². The first-order valence-corrected chi connectivity index (χ1v) is 11.2. The topological polar surface area (TPSA) is 66.4 Å². The molecule has 2 aromatic carbocycles. The van der Waals surface area contributed by atoms with Crippen molar-refractivity contribution in [1.82, 2.24) is 14.5 Å². The lowest BCUT2D eigenvalue weighted by Gasteiger charge is -2.34. The van der Waals surface area contributed by atoms with E-state index in [1.54, 1.807) is 10.4 Å². The summed E-state index contributed by atoms with van der Waals surface area (Å²) in [5.74, 6) is 0.864. The molecule has 1 saturated heterocycles. The minimum absolute atomic E-state index is 0.386. The molecule has 5 rings (SSSR count). The molecule has 0 unspecified atom stereocenters. The van der Waals surface area contributed by atoms with Crippen molar-refractivity contribution in [3.05, 3.63) is 59.8 Å². The summed E-state index contributed by atoms with van der Waals surface area (Å²) in [7, 11) is -3.53. The number of piperazine rings is 1. The van der Waals surface area contributed by atoms with E-state index in [9.17, 15) is 8.42 Å². The maximum atomic E-state index is 13.3. The van der Waals surface area contributed by atoms with Crippen LogP contribution in [0.15, 0.2) is 53.4 Å². The van der Waals surface area contributed by atoms with E-state index in [4.69, 9.17) is 0 Å². The van der Waals surface area contributed by atoms with Gasteiger partial charge >= 0.3 is 0 Å². The van der Waals surface area contributed by atoms with Gasteiger partial charge in [-0.3, -0.25) is 0 Å². The zero-order chi connectivity index (χ0) is 19.1. The second kappa shape index (κ2) is 6.83. The number of aryl methyl sites for hydroxylation is 2. The number of aromatic nitrogens is 2. The van der Waals surface area contributed by atoms with Crippen LogP contribution in [-0.2, 0) is 22.9 Å². The van der Waals surface area contributed by atoms with Crippen LogP contribution in [0.25, 0.3) is 10.8 Å². The van der Waals surface area contributed by atoms with Gasteiger partial charge in [0.05, 0.1) is 10.6 Å². The molecule has 2 aliphatic rings. The highest BCUT2D eigenvalue weighted by Crippen LogP contribution is 2.28. The molecule has 0 N–H and O–H groups in total. The summed E-state index contributed by atoms with van der Waals surface area (Å²) in [5.41, 5.74) is 2.40. The van der Waals surface area contributed by atoms with Gasteiger partial charge in [-0.25, -0.2) is 8.42 Å². The van der Waals surface area contributed by atoms with E-state index in [-0.39, 0.29) is 0 Å². The highest BCUT2D eigenvalue weighted by molar-refractivity contribution is 7.89. The number of benzene rings is 2. The summed E-state index contributed by atoms with van der Waals surface area (Å²) in [6, 6.07) is 15.2. The van der Waals surface area contributed by atoms with E-state index in [1.807, 2.05) is 36.4 Å². The van der Waals surface area contributed by atoms with Crippen molar-refractivity contribution in [2.75, 3.05) is 31.1 Å². The molecule has 6 nitrogen and oxygen atoms in total. The molecule has 0 saturated carbocycles. The summed E-state index contributed by atoms with van der Waals surface area (Å²) in [5, 5.41) is 10.4. The minimum Gasteiger partial charge on any atom is -0.352 e. The summed E-state index contributed by atoms with van der Waals surface area (Å²) < 4.78 is 28.1. The third kappa shape index (κ3) is 2.95. The van der Waals surface area contributed by atoms with E-state index in [0.717, 1.165) is 41.5 Å². The molecule has 1 aliphatic carbocycles. The fraction of sp³-hybridized carbons (Fsp3) is 0.333. The van der Waals surface area contributed by atoms with Gasteiger partial charge in [0.15, 0.2) is 5.82 Å². The van der Waals surface area contributed by atoms with E-state index in [1.165, 1.54) is 5.56 Å². The van der Waals surface area contributed by atoms with Crippen LogP contribution in [-0.4, -0.2) is 49.1 Å². The molecule has 1 fully saturated rings. The van der Waals surface area contributed by atoms with Gasteiger partial charge in [0.25, 0.3) is 0 Å². The van der Waals surface area contributed by atoms with Crippen LogP contribution in [0.3, 0.4) is 0 Å². The second-order valence-electron chi connectivity index (χ2n) is 7.40. The van der Waals surface area contributed by atoms with Gasteiger partial charge in [0.1, 0.15) is 0 Å². The van der Waals surface area contributed by atoms with Crippen LogP contribution in [0.5, 0.6) is 0 Å². The molecule has 28 heavy (non-hydrogen) atoms. The molecule has 0 radical (unpaired) electrons. The Balaban J connectivity index is 1.37. The van der Waals surface area contributed by atoms with Crippen molar-refractivity contribution in [2.24, 2.45) is 0 Å². The van der Waals surface area contributed by atoms with Crippen molar-refractivity contribution in [3.63, 3.8) is 0 Å². The third-order valence-electron chi connectivity index (χ3n) is 5.74. The van der Waals surface area contributed by atoms with E-state index >= 15 is 0 Å². The number of hydrogen-bond donors (Lipinski definition) is 0. The quantitative estimate of drug-likeness (QED) is 0.683. The van der Waals surface area contributed by atoms with Crippen molar-refractivity contribution < 1.29 is 8.42 Å². The number of hydrogen-bond acceptors (Lipinski definition) is 5. The van der Waals surface area contributed by atoms with Gasteiger partial charge in [-0.1, -0.05) is 36.4 Å². The first-order valence-electron chi connectivity index (χ1n) is 9.71. The van der Waals surface area contributed by atoms with Gasteiger partial charge in [0.2, 0.25) is 10.0 Å². The van der Waals surface area contributed by atoms with Crippen molar-refractivity contribution in [3.8, 4) is 0 Å². The zero-order valence-corrected chi connectivity index (χ0v) is 16.4. The molecule has 0 amide bonds. The Morgan fingerprint density at radius 1 is 0.857 bits per heavy atom. The Morgan fingerprint density at radius 3 is 2.50 bits per heavy atom. The van der Waals surface area contributed by atoms with E-state index in [0.29, 0.717) is 31.1 Å². The van der Waals surface area contributed by atoms with Crippen LogP contribution < -0.4 is 4.90 Å². The largest absolute Gasteiger partial charge is 0.352 e. The average Bonchev–Trinajstić information content (AvgIpc) is 3.21. The van der Waals surface area contributed by atoms with Crippen LogP contribution in [0.2, 0.25) is 0 Å². The minimum atomic E-state index is -3.53. The number of anilines is 1. The molecule has 0 bridgehead atoms. The van der Waals surface area contributed by atoms with Crippen LogP contribution >= 0.6 is 0 Å². The lowest BCUT2D eigenvalue weighted by atomic mass is 10.1. The van der Waals surface area contributed by atoms with Crippen molar-refractivity contribution >= 4 is 26.6 Å². The molecule has 3 aromatic rings. The van der Waals surface area contributed by atoms with Crippen molar-refractivity contribution in [1.29, 1.82) is 0 Å². The molecule has 7 heteroatoms. The molecule has 2 heterocycles. The van der Waals surface area contributed by atoms with Crippen LogP contribution in [0.4, 0.5) is 5.82 Å². The first-order chi connectivity index (χ1) is 13.6. The van der Waals surface area contributed by atoms with Crippen LogP contribution in [0.1, 0.15) is 17.7 Å². The summed E-state index contributed by atoms with van der Waals surface area (Å²) in [4.78, 5) is 2.53. The monoisotopic (exact) mass is 394 g/mol. The van der Waals surface area contributed by atoms with Gasteiger partial charge < -0.3 is 4.90 Å². The third-order valence-corrected chi connectivity index (χ3v) is 7.69. The Hall–Kier alpha value is -2.51. The highest BCUT2D eigenvalue weighted by atomic mass is 32.2. The summed E-state index contributed by atoms with van der Waals surface area (Å²) in [6.07, 6.45) is 3.22. The normalized spacial score (nSPS) is 17.8. The molecular weight excluding hydrogens is 372 g/mol. The Bertz CT molecular complexity index is 1130. The summed E-state index contributed by atoms with van der Waals surface area (Å²) in [6.45, 7) is 2.14. The molecular formula is C21H22N4O2S. The summed E-state index contributed by atoms with van der Waals surface area (Å²) >= 11 is 0. The smallest absolute Gasteiger partial charge is 0.243 e. The van der Waals surface area contributed by atoms with E-state index in [2.05, 4.69) is 21.2 Å². The molecule has 0 atom stereocenters. The molecule has 144 valence electrons. The number of nitrogens with zero attached hydrogens (tertiary/aromatic N) is 4. The fourth-order valence-electron chi connectivity index (χ4n) is 4.19. The standard InChI is InChI=1S/C21H22N4O2S/c26-28(27,20-10-4-6-16-5-1-2-8-18(16)20)25-13-11-24(12-14-25)21-15-17-7-3-9-19(17)22-23-21/h1-2,4-6,8,10,15H,3,7,9,11-14H2.